The van der Waals surface area contributed by atoms with Crippen molar-refractivity contribution < 1.29 is 14.2 Å². The van der Waals surface area contributed by atoms with Gasteiger partial charge < -0.3 is 18.8 Å². The van der Waals surface area contributed by atoms with Gasteiger partial charge in [0, 0.05) is 24.5 Å². The normalized spacial score (nSPS) is 10.1. The van der Waals surface area contributed by atoms with Gasteiger partial charge in [-0.15, -0.1) is 0 Å². The molecule has 0 radical (unpaired) electrons. The topological polar surface area (TPSA) is 32.6 Å². The van der Waals surface area contributed by atoms with E-state index >= 15 is 0 Å². The van der Waals surface area contributed by atoms with Gasteiger partial charge in [0.1, 0.15) is 22.9 Å². The number of nitrogens with zero attached hydrogens (tertiary/aromatic N) is 1. The van der Waals surface area contributed by atoms with Gasteiger partial charge in [-0.1, -0.05) is 0 Å². The lowest BCUT2D eigenvalue weighted by Gasteiger charge is -2.15. The molecule has 0 aliphatic carbocycles. The van der Waals surface area contributed by atoms with Crippen LogP contribution in [0.25, 0.3) is 5.69 Å². The lowest BCUT2D eigenvalue weighted by atomic mass is 10.2. The average Bonchev–Trinajstić information content (AvgIpc) is 2.90. The van der Waals surface area contributed by atoms with Crippen LogP contribution in [0.3, 0.4) is 0 Å². The SMILES string of the molecule is COc1cc(OC)c(-n2cccc2)c(OC)c1. The molecule has 0 bridgehead atoms. The summed E-state index contributed by atoms with van der Waals surface area (Å²) in [5.41, 5.74) is 0.862. The Morgan fingerprint density at radius 3 is 1.76 bits per heavy atom. The van der Waals surface area contributed by atoms with E-state index in [1.54, 1.807) is 21.3 Å². The van der Waals surface area contributed by atoms with Crippen molar-refractivity contribution in [1.82, 2.24) is 4.57 Å². The molecule has 4 heteroatoms. The summed E-state index contributed by atoms with van der Waals surface area (Å²) in [6, 6.07) is 7.56. The van der Waals surface area contributed by atoms with Crippen LogP contribution in [0, 0.1) is 0 Å². The van der Waals surface area contributed by atoms with Gasteiger partial charge in [0.15, 0.2) is 0 Å². The van der Waals surface area contributed by atoms with Crippen molar-refractivity contribution in [1.29, 1.82) is 0 Å². The average molecular weight is 233 g/mol. The van der Waals surface area contributed by atoms with Gasteiger partial charge in [-0.25, -0.2) is 0 Å². The largest absolute Gasteiger partial charge is 0.496 e. The Bertz CT molecular complexity index is 466. The van der Waals surface area contributed by atoms with Gasteiger partial charge in [0.05, 0.1) is 21.3 Å². The van der Waals surface area contributed by atoms with Crippen LogP contribution in [-0.2, 0) is 0 Å². The smallest absolute Gasteiger partial charge is 0.150 e. The number of aromatic nitrogens is 1. The second-order valence-electron chi connectivity index (χ2n) is 3.47. The molecule has 1 aromatic carbocycles. The van der Waals surface area contributed by atoms with E-state index in [4.69, 9.17) is 14.2 Å². The Morgan fingerprint density at radius 2 is 1.35 bits per heavy atom. The first-order chi connectivity index (χ1) is 8.30. The minimum Gasteiger partial charge on any atom is -0.496 e. The molecule has 0 aliphatic rings. The quantitative estimate of drug-likeness (QED) is 0.813. The second-order valence-corrected chi connectivity index (χ2v) is 3.47. The highest BCUT2D eigenvalue weighted by molar-refractivity contribution is 5.61. The zero-order valence-corrected chi connectivity index (χ0v) is 10.1. The molecular formula is C13H15NO3. The molecule has 17 heavy (non-hydrogen) atoms. The fourth-order valence-electron chi connectivity index (χ4n) is 1.73. The summed E-state index contributed by atoms with van der Waals surface area (Å²) in [4.78, 5) is 0. The summed E-state index contributed by atoms with van der Waals surface area (Å²) in [6.45, 7) is 0. The highest BCUT2D eigenvalue weighted by Crippen LogP contribution is 2.36. The lowest BCUT2D eigenvalue weighted by Crippen LogP contribution is -2.00. The molecule has 1 heterocycles. The minimum atomic E-state index is 0.703. The van der Waals surface area contributed by atoms with Crippen LogP contribution in [-0.4, -0.2) is 25.9 Å². The first-order valence-electron chi connectivity index (χ1n) is 5.23. The predicted molar refractivity (Wildman–Crippen MR) is 65.4 cm³/mol. The summed E-state index contributed by atoms with van der Waals surface area (Å²) in [7, 11) is 4.87. The van der Waals surface area contributed by atoms with Crippen molar-refractivity contribution in [3.63, 3.8) is 0 Å². The van der Waals surface area contributed by atoms with Crippen molar-refractivity contribution >= 4 is 0 Å². The molecule has 2 aromatic rings. The van der Waals surface area contributed by atoms with Gasteiger partial charge in [-0.2, -0.15) is 0 Å². The van der Waals surface area contributed by atoms with Crippen molar-refractivity contribution in [3.8, 4) is 22.9 Å². The number of hydrogen-bond donors (Lipinski definition) is 0. The molecule has 0 spiro atoms. The molecule has 0 saturated carbocycles. The van der Waals surface area contributed by atoms with E-state index in [0.29, 0.717) is 17.2 Å². The highest BCUT2D eigenvalue weighted by atomic mass is 16.5. The Labute approximate surface area is 100 Å². The summed E-state index contributed by atoms with van der Waals surface area (Å²) in [6.07, 6.45) is 3.87. The Kier molecular flexibility index (Phi) is 3.23. The van der Waals surface area contributed by atoms with Gasteiger partial charge in [-0.05, 0) is 12.1 Å². The molecule has 0 amide bonds. The number of hydrogen-bond acceptors (Lipinski definition) is 3. The van der Waals surface area contributed by atoms with Gasteiger partial charge in [-0.3, -0.25) is 0 Å². The van der Waals surface area contributed by atoms with Crippen LogP contribution in [0.4, 0.5) is 0 Å². The molecule has 0 saturated heterocycles. The standard InChI is InChI=1S/C13H15NO3/c1-15-10-8-11(16-2)13(12(9-10)17-3)14-6-4-5-7-14/h4-9H,1-3H3. The van der Waals surface area contributed by atoms with Gasteiger partial charge in [0.25, 0.3) is 0 Å². The van der Waals surface area contributed by atoms with E-state index in [2.05, 4.69) is 0 Å². The summed E-state index contributed by atoms with van der Waals surface area (Å²) in [5, 5.41) is 0. The molecule has 2 rings (SSSR count). The van der Waals surface area contributed by atoms with E-state index in [1.807, 2.05) is 41.2 Å². The molecule has 0 fully saturated rings. The Balaban J connectivity index is 2.63. The first-order valence-corrected chi connectivity index (χ1v) is 5.23. The predicted octanol–water partition coefficient (Wildman–Crippen LogP) is 2.50. The monoisotopic (exact) mass is 233 g/mol. The van der Waals surface area contributed by atoms with E-state index < -0.39 is 0 Å². The lowest BCUT2D eigenvalue weighted by molar-refractivity contribution is 0.373. The van der Waals surface area contributed by atoms with Crippen molar-refractivity contribution in [2.24, 2.45) is 0 Å². The highest BCUT2D eigenvalue weighted by Gasteiger charge is 2.14. The summed E-state index contributed by atoms with van der Waals surface area (Å²) >= 11 is 0. The first kappa shape index (κ1) is 11.4. The van der Waals surface area contributed by atoms with E-state index in [9.17, 15) is 0 Å². The van der Waals surface area contributed by atoms with E-state index in [0.717, 1.165) is 5.69 Å². The maximum absolute atomic E-state index is 5.37. The zero-order valence-electron chi connectivity index (χ0n) is 10.1. The zero-order chi connectivity index (χ0) is 12.3. The Morgan fingerprint density at radius 1 is 0.824 bits per heavy atom. The van der Waals surface area contributed by atoms with Crippen LogP contribution >= 0.6 is 0 Å². The Hall–Kier alpha value is -2.10. The van der Waals surface area contributed by atoms with Crippen LogP contribution in [0.2, 0.25) is 0 Å². The third kappa shape index (κ3) is 2.06. The molecule has 0 aliphatic heterocycles. The van der Waals surface area contributed by atoms with Crippen molar-refractivity contribution in [2.45, 2.75) is 0 Å². The second kappa shape index (κ2) is 4.82. The van der Waals surface area contributed by atoms with E-state index in [-0.39, 0.29) is 0 Å². The molecule has 0 atom stereocenters. The third-order valence-electron chi connectivity index (χ3n) is 2.55. The van der Waals surface area contributed by atoms with Crippen molar-refractivity contribution in [2.75, 3.05) is 21.3 Å². The fraction of sp³-hybridized carbons (Fsp3) is 0.231. The maximum Gasteiger partial charge on any atom is 0.150 e. The van der Waals surface area contributed by atoms with Gasteiger partial charge in [0.2, 0.25) is 0 Å². The van der Waals surface area contributed by atoms with Crippen LogP contribution in [0.5, 0.6) is 17.2 Å². The summed E-state index contributed by atoms with van der Waals surface area (Å²) < 4.78 is 17.9. The number of rotatable bonds is 4. The van der Waals surface area contributed by atoms with Gasteiger partial charge >= 0.3 is 0 Å². The minimum absolute atomic E-state index is 0.703. The van der Waals surface area contributed by atoms with Crippen LogP contribution < -0.4 is 14.2 Å². The third-order valence-corrected chi connectivity index (χ3v) is 2.55. The summed E-state index contributed by atoms with van der Waals surface area (Å²) in [5.74, 6) is 2.12. The van der Waals surface area contributed by atoms with Crippen molar-refractivity contribution in [3.05, 3.63) is 36.7 Å². The van der Waals surface area contributed by atoms with E-state index in [1.165, 1.54) is 0 Å². The molecule has 1 aromatic heterocycles. The molecular weight excluding hydrogens is 218 g/mol. The fourth-order valence-corrected chi connectivity index (χ4v) is 1.73. The molecule has 0 unspecified atom stereocenters. The molecule has 4 nitrogen and oxygen atoms in total. The number of methoxy groups -OCH3 is 3. The number of benzene rings is 1. The van der Waals surface area contributed by atoms with Crippen LogP contribution in [0.1, 0.15) is 0 Å². The number of ether oxygens (including phenoxy) is 3. The van der Waals surface area contributed by atoms with Crippen LogP contribution in [0.15, 0.2) is 36.7 Å². The molecule has 0 N–H and O–H groups in total. The molecule has 90 valence electrons. The maximum atomic E-state index is 5.37.